The van der Waals surface area contributed by atoms with Gasteiger partial charge >= 0.3 is 0 Å². The summed E-state index contributed by atoms with van der Waals surface area (Å²) in [7, 11) is 6.09. The zero-order valence-electron chi connectivity index (χ0n) is 21.7. The molecule has 2 bridgehead atoms. The number of imidazole rings is 1. The van der Waals surface area contributed by atoms with Crippen molar-refractivity contribution < 1.29 is 9.59 Å². The maximum absolute atomic E-state index is 13.3. The van der Waals surface area contributed by atoms with E-state index >= 15 is 0 Å². The minimum absolute atomic E-state index is 0.0702. The smallest absolute Gasteiger partial charge is 0.273 e. The van der Waals surface area contributed by atoms with E-state index in [1.807, 2.05) is 25.2 Å². The van der Waals surface area contributed by atoms with Crippen molar-refractivity contribution in [3.05, 3.63) is 35.8 Å². The molecule has 1 N–H and O–H groups in total. The van der Waals surface area contributed by atoms with Gasteiger partial charge in [0, 0.05) is 52.0 Å². The van der Waals surface area contributed by atoms with E-state index in [0.717, 1.165) is 43.9 Å². The molecule has 6 atom stereocenters. The first-order valence-electron chi connectivity index (χ1n) is 13.7. The standard InChI is InChI=1S/C28H38N6O2/c1-31-7-8-32(2)20(13-31)14-33(3)26(36)22-15-34-23(5-4-6-24(34)30-22)25(35)29-17-27-10-18-9-21(18)28(16-27)12-19(28)11-27/h4-6,15,18-21H,7-14,16-17H2,1-3H3,(H,29,35)/t18?,19?,20?,21-,27?,28?/m0/s1. The molecule has 5 fully saturated rings. The van der Waals surface area contributed by atoms with Crippen LogP contribution in [0.1, 0.15) is 53.1 Å². The van der Waals surface area contributed by atoms with E-state index in [1.165, 1.54) is 32.1 Å². The molecule has 5 aliphatic rings. The number of hydrogen-bond acceptors (Lipinski definition) is 5. The monoisotopic (exact) mass is 490 g/mol. The Kier molecular flexibility index (Phi) is 4.91. The summed E-state index contributed by atoms with van der Waals surface area (Å²) in [6, 6.07) is 5.84. The lowest BCUT2D eigenvalue weighted by Crippen LogP contribution is -2.54. The zero-order chi connectivity index (χ0) is 24.8. The lowest BCUT2D eigenvalue weighted by molar-refractivity contribution is 0.0630. The zero-order valence-corrected chi connectivity index (χ0v) is 21.7. The SMILES string of the molecule is CN1CCN(C)C(CN(C)C(=O)c2cn3c(C(=O)NCC45CC6C[C@@H]6C6(CC6C4)C5)cccc3n2)C1. The number of nitrogens with zero attached hydrogens (tertiary/aromatic N) is 5. The molecule has 8 nitrogen and oxygen atoms in total. The summed E-state index contributed by atoms with van der Waals surface area (Å²) in [5.74, 6) is 2.66. The Labute approximate surface area is 213 Å². The molecule has 4 aliphatic carbocycles. The molecule has 1 aliphatic heterocycles. The number of rotatable bonds is 6. The van der Waals surface area contributed by atoms with E-state index in [0.29, 0.717) is 40.5 Å². The lowest BCUT2D eigenvalue weighted by atomic mass is 9.71. The summed E-state index contributed by atoms with van der Waals surface area (Å²) in [5, 5.41) is 3.29. The van der Waals surface area contributed by atoms with Crippen LogP contribution in [0.4, 0.5) is 0 Å². The molecule has 1 spiro atoms. The fraction of sp³-hybridized carbons (Fsp3) is 0.679. The maximum Gasteiger partial charge on any atom is 0.273 e. The van der Waals surface area contributed by atoms with Crippen LogP contribution < -0.4 is 5.32 Å². The van der Waals surface area contributed by atoms with Crippen LogP contribution in [-0.2, 0) is 0 Å². The summed E-state index contributed by atoms with van der Waals surface area (Å²) in [6.07, 6.45) is 8.51. The van der Waals surface area contributed by atoms with E-state index in [1.54, 1.807) is 15.5 Å². The number of amides is 2. The molecule has 192 valence electrons. The minimum Gasteiger partial charge on any atom is -0.350 e. The summed E-state index contributed by atoms with van der Waals surface area (Å²) >= 11 is 0. The van der Waals surface area contributed by atoms with Crippen molar-refractivity contribution in [2.45, 2.75) is 38.1 Å². The van der Waals surface area contributed by atoms with Gasteiger partial charge in [-0.2, -0.15) is 0 Å². The Balaban J connectivity index is 1.05. The van der Waals surface area contributed by atoms with Crippen LogP contribution >= 0.6 is 0 Å². The van der Waals surface area contributed by atoms with Gasteiger partial charge in [-0.15, -0.1) is 0 Å². The van der Waals surface area contributed by atoms with Crippen molar-refractivity contribution in [1.82, 2.24) is 29.4 Å². The van der Waals surface area contributed by atoms with Gasteiger partial charge in [-0.1, -0.05) is 6.07 Å². The highest BCUT2D eigenvalue weighted by Crippen LogP contribution is 2.83. The fourth-order valence-corrected chi connectivity index (χ4v) is 8.42. The number of nitrogens with one attached hydrogen (secondary N) is 1. The van der Waals surface area contributed by atoms with Crippen molar-refractivity contribution in [2.75, 3.05) is 53.9 Å². The summed E-state index contributed by atoms with van der Waals surface area (Å²) in [6.45, 7) is 4.41. The van der Waals surface area contributed by atoms with Gasteiger partial charge in [0.2, 0.25) is 0 Å². The van der Waals surface area contributed by atoms with E-state index in [9.17, 15) is 9.59 Å². The summed E-state index contributed by atoms with van der Waals surface area (Å²) in [5.41, 5.74) is 2.52. The Hall–Kier alpha value is -2.45. The molecule has 5 unspecified atom stereocenters. The maximum atomic E-state index is 13.3. The first-order valence-corrected chi connectivity index (χ1v) is 13.7. The Morgan fingerprint density at radius 1 is 1.19 bits per heavy atom. The molecule has 1 saturated heterocycles. The molecule has 4 saturated carbocycles. The van der Waals surface area contributed by atoms with E-state index in [-0.39, 0.29) is 11.8 Å². The molecular weight excluding hydrogens is 452 g/mol. The molecule has 36 heavy (non-hydrogen) atoms. The second-order valence-corrected chi connectivity index (χ2v) is 12.9. The topological polar surface area (TPSA) is 73.2 Å². The second-order valence-electron chi connectivity index (χ2n) is 12.9. The molecular formula is C28H38N6O2. The summed E-state index contributed by atoms with van der Waals surface area (Å²) in [4.78, 5) is 37.6. The van der Waals surface area contributed by atoms with Gasteiger partial charge in [0.05, 0.1) is 0 Å². The molecule has 7 rings (SSSR count). The first kappa shape index (κ1) is 22.7. The molecule has 0 radical (unpaired) electrons. The van der Waals surface area contributed by atoms with Crippen molar-refractivity contribution in [3.8, 4) is 0 Å². The number of aromatic nitrogens is 2. The van der Waals surface area contributed by atoms with Crippen LogP contribution in [-0.4, -0.2) is 95.8 Å². The van der Waals surface area contributed by atoms with Gasteiger partial charge < -0.3 is 15.1 Å². The molecule has 0 aromatic carbocycles. The average Bonchev–Trinajstić information content (AvgIpc) is 3.69. The van der Waals surface area contributed by atoms with Crippen LogP contribution in [0.5, 0.6) is 0 Å². The van der Waals surface area contributed by atoms with E-state index in [4.69, 9.17) is 0 Å². The number of hydrogen-bond donors (Lipinski definition) is 1. The third-order valence-electron chi connectivity index (χ3n) is 10.4. The van der Waals surface area contributed by atoms with Crippen LogP contribution in [0.15, 0.2) is 24.4 Å². The normalized spacial score (nSPS) is 36.9. The van der Waals surface area contributed by atoms with Crippen LogP contribution in [0.2, 0.25) is 0 Å². The second kappa shape index (κ2) is 7.78. The Morgan fingerprint density at radius 2 is 2.06 bits per heavy atom. The van der Waals surface area contributed by atoms with Crippen molar-refractivity contribution >= 4 is 17.5 Å². The van der Waals surface area contributed by atoms with Gasteiger partial charge in [-0.05, 0) is 86.9 Å². The predicted molar refractivity (Wildman–Crippen MR) is 137 cm³/mol. The predicted octanol–water partition coefficient (Wildman–Crippen LogP) is 2.21. The number of carbonyl (C=O) groups excluding carboxylic acids is 2. The third-order valence-corrected chi connectivity index (χ3v) is 10.4. The number of fused-ring (bicyclic) bond motifs is 3. The highest BCUT2D eigenvalue weighted by Gasteiger charge is 2.76. The van der Waals surface area contributed by atoms with Crippen molar-refractivity contribution in [2.24, 2.45) is 28.6 Å². The van der Waals surface area contributed by atoms with Gasteiger partial charge in [0.1, 0.15) is 17.0 Å². The molecule has 2 aromatic rings. The highest BCUT2D eigenvalue weighted by atomic mass is 16.2. The number of piperazine rings is 1. The van der Waals surface area contributed by atoms with Gasteiger partial charge in [-0.3, -0.25) is 18.9 Å². The quantitative estimate of drug-likeness (QED) is 0.672. The first-order chi connectivity index (χ1) is 17.3. The van der Waals surface area contributed by atoms with Crippen molar-refractivity contribution in [1.29, 1.82) is 0 Å². The van der Waals surface area contributed by atoms with Crippen molar-refractivity contribution in [3.63, 3.8) is 0 Å². The Bertz CT molecular complexity index is 1240. The Morgan fingerprint density at radius 3 is 2.92 bits per heavy atom. The van der Waals surface area contributed by atoms with E-state index < -0.39 is 0 Å². The van der Waals surface area contributed by atoms with Gasteiger partial charge in [0.25, 0.3) is 11.8 Å². The van der Waals surface area contributed by atoms with Gasteiger partial charge in [-0.25, -0.2) is 4.98 Å². The molecule has 2 amide bonds. The van der Waals surface area contributed by atoms with Crippen LogP contribution in [0, 0.1) is 28.6 Å². The average molecular weight is 491 g/mol. The molecule has 2 aromatic heterocycles. The number of pyridine rings is 1. The minimum atomic E-state index is -0.109. The lowest BCUT2D eigenvalue weighted by Gasteiger charge is -2.39. The summed E-state index contributed by atoms with van der Waals surface area (Å²) < 4.78 is 1.78. The highest BCUT2D eigenvalue weighted by molar-refractivity contribution is 5.95. The largest absolute Gasteiger partial charge is 0.350 e. The molecule has 8 heteroatoms. The number of likely N-dealkylation sites (N-methyl/N-ethyl adjacent to an activating group) is 3. The van der Waals surface area contributed by atoms with Crippen LogP contribution in [0.3, 0.4) is 0 Å². The van der Waals surface area contributed by atoms with Crippen LogP contribution in [0.25, 0.3) is 5.65 Å². The molecule has 3 heterocycles. The third kappa shape index (κ3) is 3.51. The fourth-order valence-electron chi connectivity index (χ4n) is 8.42. The number of carbonyl (C=O) groups is 2. The van der Waals surface area contributed by atoms with E-state index in [2.05, 4.69) is 34.2 Å². The van der Waals surface area contributed by atoms with Gasteiger partial charge in [0.15, 0.2) is 0 Å².